The first-order valence-corrected chi connectivity index (χ1v) is 8.30. The summed E-state index contributed by atoms with van der Waals surface area (Å²) in [6, 6.07) is 7.47. The number of alkyl halides is 1. The average molecular weight is 359 g/mol. The van der Waals surface area contributed by atoms with Crippen LogP contribution < -0.4 is 4.90 Å². The summed E-state index contributed by atoms with van der Waals surface area (Å²) in [6.07, 6.45) is 5.61. The number of halogens is 2. The van der Waals surface area contributed by atoms with Crippen LogP contribution in [0.1, 0.15) is 31.2 Å². The van der Waals surface area contributed by atoms with Gasteiger partial charge in [-0.1, -0.05) is 37.9 Å². The predicted octanol–water partition coefficient (Wildman–Crippen LogP) is 4.72. The molecule has 0 amide bonds. The highest BCUT2D eigenvalue weighted by Gasteiger charge is 2.34. The smallest absolute Gasteiger partial charge is 0.0421 e. The largest absolute Gasteiger partial charge is 0.368 e. The second-order valence-electron chi connectivity index (χ2n) is 5.23. The van der Waals surface area contributed by atoms with E-state index in [1.165, 1.54) is 48.0 Å². The molecule has 0 atom stereocenters. The van der Waals surface area contributed by atoms with E-state index in [1.807, 2.05) is 0 Å². The molecule has 0 saturated heterocycles. The number of nitrogens with zero attached hydrogens (tertiary/aromatic N) is 1. The summed E-state index contributed by atoms with van der Waals surface area (Å²) < 4.78 is 1.19. The second-order valence-corrected chi connectivity index (χ2v) is 6.71. The second kappa shape index (κ2) is 4.93. The maximum absolute atomic E-state index is 3.61. The molecule has 0 spiro atoms. The van der Waals surface area contributed by atoms with Crippen molar-refractivity contribution in [2.24, 2.45) is 5.92 Å². The Morgan fingerprint density at radius 3 is 2.53 bits per heavy atom. The van der Waals surface area contributed by atoms with Gasteiger partial charge < -0.3 is 4.90 Å². The van der Waals surface area contributed by atoms with Gasteiger partial charge in [0.1, 0.15) is 0 Å². The van der Waals surface area contributed by atoms with Crippen LogP contribution in [0.4, 0.5) is 5.69 Å². The molecule has 2 fully saturated rings. The lowest BCUT2D eigenvalue weighted by Gasteiger charge is -2.27. The lowest BCUT2D eigenvalue weighted by Crippen LogP contribution is -2.28. The van der Waals surface area contributed by atoms with E-state index in [1.54, 1.807) is 0 Å². The average Bonchev–Trinajstić information content (AvgIpc) is 3.17. The molecule has 0 aliphatic heterocycles. The van der Waals surface area contributed by atoms with E-state index in [0.717, 1.165) is 17.3 Å². The minimum atomic E-state index is 0.808. The van der Waals surface area contributed by atoms with Gasteiger partial charge in [-0.25, -0.2) is 0 Å². The molecule has 1 nitrogen and oxygen atoms in total. The Bertz CT molecular complexity index is 411. The van der Waals surface area contributed by atoms with Gasteiger partial charge in [-0.3, -0.25) is 0 Å². The van der Waals surface area contributed by atoms with E-state index < -0.39 is 0 Å². The third-order valence-corrected chi connectivity index (χ3v) is 4.74. The van der Waals surface area contributed by atoms with Gasteiger partial charge >= 0.3 is 0 Å². The van der Waals surface area contributed by atoms with Crippen LogP contribution >= 0.6 is 31.9 Å². The highest BCUT2D eigenvalue weighted by Crippen LogP contribution is 2.40. The first kappa shape index (κ1) is 12.0. The van der Waals surface area contributed by atoms with Crippen molar-refractivity contribution < 1.29 is 0 Å². The van der Waals surface area contributed by atoms with Crippen molar-refractivity contribution in [2.75, 3.05) is 11.4 Å². The zero-order chi connectivity index (χ0) is 11.8. The molecule has 0 bridgehead atoms. The maximum Gasteiger partial charge on any atom is 0.0421 e. The zero-order valence-corrected chi connectivity index (χ0v) is 13.0. The molecule has 0 radical (unpaired) electrons. The molecule has 0 heterocycles. The van der Waals surface area contributed by atoms with E-state index >= 15 is 0 Å². The van der Waals surface area contributed by atoms with Crippen molar-refractivity contribution in [3.05, 3.63) is 28.2 Å². The molecule has 1 aromatic rings. The van der Waals surface area contributed by atoms with Crippen LogP contribution in [0.15, 0.2) is 22.7 Å². The molecule has 0 aromatic heterocycles. The number of benzene rings is 1. The molecule has 17 heavy (non-hydrogen) atoms. The van der Waals surface area contributed by atoms with Gasteiger partial charge in [0, 0.05) is 28.1 Å². The summed E-state index contributed by atoms with van der Waals surface area (Å²) >= 11 is 7.21. The summed E-state index contributed by atoms with van der Waals surface area (Å²) in [6.45, 7) is 1.26. The molecule has 0 N–H and O–H groups in total. The molecular formula is C14H17Br2N. The summed E-state index contributed by atoms with van der Waals surface area (Å²) in [5, 5.41) is 0.948. The molecule has 1 aromatic carbocycles. The standard InChI is InChI=1S/C14H17Br2N/c15-8-11-3-4-12(16)7-14(11)17(13-5-6-13)9-10-1-2-10/h3-4,7,10,13H,1-2,5-6,8-9H2. The molecule has 2 saturated carbocycles. The lowest BCUT2D eigenvalue weighted by atomic mass is 10.1. The van der Waals surface area contributed by atoms with Crippen molar-refractivity contribution in [1.29, 1.82) is 0 Å². The monoisotopic (exact) mass is 357 g/mol. The van der Waals surface area contributed by atoms with E-state index in [-0.39, 0.29) is 0 Å². The summed E-state index contributed by atoms with van der Waals surface area (Å²) in [5.41, 5.74) is 2.85. The Labute approximate surface area is 120 Å². The van der Waals surface area contributed by atoms with E-state index in [9.17, 15) is 0 Å². The Kier molecular flexibility index (Phi) is 3.49. The number of anilines is 1. The molecule has 2 aliphatic rings. The van der Waals surface area contributed by atoms with Crippen LogP contribution in [0.2, 0.25) is 0 Å². The minimum absolute atomic E-state index is 0.808. The third-order valence-electron chi connectivity index (χ3n) is 3.64. The van der Waals surface area contributed by atoms with E-state index in [2.05, 4.69) is 55.0 Å². The van der Waals surface area contributed by atoms with Crippen LogP contribution in [0.5, 0.6) is 0 Å². The van der Waals surface area contributed by atoms with Gasteiger partial charge in [0.2, 0.25) is 0 Å². The van der Waals surface area contributed by atoms with Gasteiger partial charge in [0.15, 0.2) is 0 Å². The molecule has 0 unspecified atom stereocenters. The Morgan fingerprint density at radius 1 is 1.18 bits per heavy atom. The highest BCUT2D eigenvalue weighted by atomic mass is 79.9. The van der Waals surface area contributed by atoms with Crippen LogP contribution in [0, 0.1) is 5.92 Å². The number of rotatable bonds is 5. The number of hydrogen-bond donors (Lipinski definition) is 0. The molecule has 3 rings (SSSR count). The predicted molar refractivity (Wildman–Crippen MR) is 79.9 cm³/mol. The fourth-order valence-corrected chi connectivity index (χ4v) is 3.15. The maximum atomic E-state index is 3.61. The third kappa shape index (κ3) is 2.87. The van der Waals surface area contributed by atoms with Gasteiger partial charge in [0.25, 0.3) is 0 Å². The van der Waals surface area contributed by atoms with E-state index in [4.69, 9.17) is 0 Å². The normalized spacial score (nSPS) is 19.4. The quantitative estimate of drug-likeness (QED) is 0.688. The molecule has 92 valence electrons. The van der Waals surface area contributed by atoms with Crippen LogP contribution in [-0.2, 0) is 5.33 Å². The molecular weight excluding hydrogens is 342 g/mol. The minimum Gasteiger partial charge on any atom is -0.368 e. The van der Waals surface area contributed by atoms with Gasteiger partial charge in [0.05, 0.1) is 0 Å². The first-order valence-electron chi connectivity index (χ1n) is 6.39. The van der Waals surface area contributed by atoms with Crippen LogP contribution in [-0.4, -0.2) is 12.6 Å². The summed E-state index contributed by atoms with van der Waals surface area (Å²) in [4.78, 5) is 2.65. The fourth-order valence-electron chi connectivity index (χ4n) is 2.33. The van der Waals surface area contributed by atoms with Crippen molar-refractivity contribution >= 4 is 37.5 Å². The summed E-state index contributed by atoms with van der Waals surface area (Å²) in [5.74, 6) is 0.956. The number of hydrogen-bond acceptors (Lipinski definition) is 1. The highest BCUT2D eigenvalue weighted by molar-refractivity contribution is 9.10. The van der Waals surface area contributed by atoms with Gasteiger partial charge in [-0.05, 0) is 49.3 Å². The Balaban J connectivity index is 1.89. The van der Waals surface area contributed by atoms with Crippen LogP contribution in [0.3, 0.4) is 0 Å². The Hall–Kier alpha value is -0.0200. The molecule has 3 heteroatoms. The van der Waals surface area contributed by atoms with Crippen LogP contribution in [0.25, 0.3) is 0 Å². The van der Waals surface area contributed by atoms with Crippen molar-refractivity contribution in [3.63, 3.8) is 0 Å². The topological polar surface area (TPSA) is 3.24 Å². The van der Waals surface area contributed by atoms with Gasteiger partial charge in [-0.15, -0.1) is 0 Å². The van der Waals surface area contributed by atoms with E-state index in [0.29, 0.717) is 0 Å². The van der Waals surface area contributed by atoms with Crippen molar-refractivity contribution in [1.82, 2.24) is 0 Å². The SMILES string of the molecule is BrCc1ccc(Br)cc1N(CC1CC1)C1CC1. The van der Waals surface area contributed by atoms with Crippen molar-refractivity contribution in [2.45, 2.75) is 37.1 Å². The summed E-state index contributed by atoms with van der Waals surface area (Å²) in [7, 11) is 0. The lowest BCUT2D eigenvalue weighted by molar-refractivity contribution is 0.716. The van der Waals surface area contributed by atoms with Crippen molar-refractivity contribution in [3.8, 4) is 0 Å². The fraction of sp³-hybridized carbons (Fsp3) is 0.571. The van der Waals surface area contributed by atoms with Gasteiger partial charge in [-0.2, -0.15) is 0 Å². The molecule has 2 aliphatic carbocycles. The zero-order valence-electron chi connectivity index (χ0n) is 9.83. The Morgan fingerprint density at radius 2 is 1.94 bits per heavy atom. The first-order chi connectivity index (χ1) is 8.28.